The van der Waals surface area contributed by atoms with E-state index in [1.54, 1.807) is 0 Å². The molecule has 2 saturated carbocycles. The molecule has 0 aromatic heterocycles. The molecule has 2 aromatic carbocycles. The largest absolute Gasteiger partial charge is 0.370 e. The van der Waals surface area contributed by atoms with Gasteiger partial charge in [0.25, 0.3) is 0 Å². The summed E-state index contributed by atoms with van der Waals surface area (Å²) in [4.78, 5) is 17.7. The van der Waals surface area contributed by atoms with Crippen molar-refractivity contribution in [2.24, 2.45) is 11.3 Å². The molecule has 0 amide bonds. The number of ketones is 1. The molecule has 3 aliphatic carbocycles. The van der Waals surface area contributed by atoms with E-state index >= 15 is 0 Å². The van der Waals surface area contributed by atoms with Crippen LogP contribution in [0.25, 0.3) is 10.8 Å². The number of anilines is 1. The summed E-state index contributed by atoms with van der Waals surface area (Å²) in [7, 11) is 0. The van der Waals surface area contributed by atoms with Crippen LogP contribution in [0.1, 0.15) is 60.9 Å². The van der Waals surface area contributed by atoms with Crippen molar-refractivity contribution in [2.75, 3.05) is 37.6 Å². The first kappa shape index (κ1) is 17.9. The van der Waals surface area contributed by atoms with Gasteiger partial charge in [-0.2, -0.15) is 0 Å². The van der Waals surface area contributed by atoms with Crippen LogP contribution < -0.4 is 4.90 Å². The highest BCUT2D eigenvalue weighted by Crippen LogP contribution is 2.57. The molecule has 1 aliphatic heterocycles. The zero-order chi connectivity index (χ0) is 19.4. The lowest BCUT2D eigenvalue weighted by Crippen LogP contribution is -2.46. The summed E-state index contributed by atoms with van der Waals surface area (Å²) in [5, 5.41) is 2.50. The van der Waals surface area contributed by atoms with Crippen LogP contribution in [0.15, 0.2) is 30.3 Å². The van der Waals surface area contributed by atoms with Gasteiger partial charge in [0.15, 0.2) is 5.78 Å². The molecule has 3 nitrogen and oxygen atoms in total. The SMILES string of the molecule is O=C1Cc2ccc(N3CCCN(CC4CCC45CCCC5)CC3)c3cccc1c23. The van der Waals surface area contributed by atoms with Crippen LogP contribution in [0.3, 0.4) is 0 Å². The molecule has 4 aliphatic rings. The van der Waals surface area contributed by atoms with Crippen LogP contribution in [0.5, 0.6) is 0 Å². The van der Waals surface area contributed by atoms with Crippen molar-refractivity contribution in [1.82, 2.24) is 4.90 Å². The van der Waals surface area contributed by atoms with Gasteiger partial charge in [-0.25, -0.2) is 0 Å². The molecule has 0 N–H and O–H groups in total. The highest BCUT2D eigenvalue weighted by Gasteiger charge is 2.48. The third-order valence-electron chi connectivity index (χ3n) is 8.62. The van der Waals surface area contributed by atoms with Crippen LogP contribution in [0.2, 0.25) is 0 Å². The van der Waals surface area contributed by atoms with E-state index in [0.29, 0.717) is 6.42 Å². The highest BCUT2D eigenvalue weighted by molar-refractivity contribution is 6.17. The van der Waals surface area contributed by atoms with Crippen molar-refractivity contribution in [3.63, 3.8) is 0 Å². The summed E-state index contributed by atoms with van der Waals surface area (Å²) in [6.07, 6.45) is 10.7. The van der Waals surface area contributed by atoms with Crippen molar-refractivity contribution in [3.8, 4) is 0 Å². The van der Waals surface area contributed by atoms with E-state index in [1.807, 2.05) is 6.07 Å². The molecule has 3 heteroatoms. The van der Waals surface area contributed by atoms with E-state index in [2.05, 4.69) is 34.1 Å². The lowest BCUT2D eigenvalue weighted by molar-refractivity contribution is 0.00971. The molecule has 1 heterocycles. The Hall–Kier alpha value is -1.87. The van der Waals surface area contributed by atoms with Crippen LogP contribution in [0.4, 0.5) is 5.69 Å². The number of rotatable bonds is 3. The summed E-state index contributed by atoms with van der Waals surface area (Å²) >= 11 is 0. The predicted octanol–water partition coefficient (Wildman–Crippen LogP) is 5.06. The fraction of sp³-hybridized carbons (Fsp3) is 0.577. The first-order valence-corrected chi connectivity index (χ1v) is 11.8. The van der Waals surface area contributed by atoms with Gasteiger partial charge < -0.3 is 9.80 Å². The van der Waals surface area contributed by atoms with Gasteiger partial charge in [-0.05, 0) is 67.0 Å². The fourth-order valence-corrected chi connectivity index (χ4v) is 6.87. The third-order valence-corrected chi connectivity index (χ3v) is 8.62. The van der Waals surface area contributed by atoms with E-state index < -0.39 is 0 Å². The van der Waals surface area contributed by atoms with Gasteiger partial charge in [-0.1, -0.05) is 37.1 Å². The third kappa shape index (κ3) is 2.84. The maximum absolute atomic E-state index is 12.4. The van der Waals surface area contributed by atoms with Crippen LogP contribution in [-0.4, -0.2) is 43.4 Å². The molecule has 2 aromatic rings. The Bertz CT molecular complexity index is 959. The first-order chi connectivity index (χ1) is 14.2. The van der Waals surface area contributed by atoms with Crippen molar-refractivity contribution in [1.29, 1.82) is 0 Å². The molecule has 1 atom stereocenters. The number of carbonyl (C=O) groups excluding carboxylic acids is 1. The minimum absolute atomic E-state index is 0.283. The maximum Gasteiger partial charge on any atom is 0.167 e. The zero-order valence-electron chi connectivity index (χ0n) is 17.5. The molecular weight excluding hydrogens is 356 g/mol. The van der Waals surface area contributed by atoms with E-state index in [9.17, 15) is 4.79 Å². The maximum atomic E-state index is 12.4. The average molecular weight is 389 g/mol. The summed E-state index contributed by atoms with van der Waals surface area (Å²) < 4.78 is 0. The van der Waals surface area contributed by atoms with Gasteiger partial charge in [0.1, 0.15) is 0 Å². The minimum atomic E-state index is 0.283. The number of benzene rings is 2. The van der Waals surface area contributed by atoms with Crippen molar-refractivity contribution < 1.29 is 4.79 Å². The molecule has 152 valence electrons. The Morgan fingerprint density at radius 1 is 0.931 bits per heavy atom. The number of Topliss-reactive ketones (excluding diaryl/α,β-unsaturated/α-hetero) is 1. The Morgan fingerprint density at radius 3 is 2.66 bits per heavy atom. The van der Waals surface area contributed by atoms with Crippen LogP contribution in [0, 0.1) is 11.3 Å². The second-order valence-corrected chi connectivity index (χ2v) is 10.0. The zero-order valence-corrected chi connectivity index (χ0v) is 17.5. The van der Waals surface area contributed by atoms with Crippen LogP contribution in [-0.2, 0) is 6.42 Å². The monoisotopic (exact) mass is 388 g/mol. The lowest BCUT2D eigenvalue weighted by Gasteiger charge is -2.49. The van der Waals surface area contributed by atoms with Crippen molar-refractivity contribution in [2.45, 2.75) is 51.4 Å². The quantitative estimate of drug-likeness (QED) is 0.734. The lowest BCUT2D eigenvalue weighted by atomic mass is 9.59. The predicted molar refractivity (Wildman–Crippen MR) is 119 cm³/mol. The number of hydrogen-bond donors (Lipinski definition) is 0. The first-order valence-electron chi connectivity index (χ1n) is 11.8. The average Bonchev–Trinajstić information content (AvgIpc) is 3.29. The summed E-state index contributed by atoms with van der Waals surface area (Å²) in [6, 6.07) is 10.8. The van der Waals surface area contributed by atoms with E-state index in [0.717, 1.165) is 30.0 Å². The van der Waals surface area contributed by atoms with Gasteiger partial charge in [-0.15, -0.1) is 0 Å². The number of hydrogen-bond acceptors (Lipinski definition) is 3. The van der Waals surface area contributed by atoms with Crippen molar-refractivity contribution >= 4 is 22.2 Å². The second-order valence-electron chi connectivity index (χ2n) is 10.0. The molecule has 1 spiro atoms. The molecule has 6 rings (SSSR count). The highest BCUT2D eigenvalue weighted by atomic mass is 16.1. The Morgan fingerprint density at radius 2 is 1.83 bits per heavy atom. The van der Waals surface area contributed by atoms with Gasteiger partial charge in [0.05, 0.1) is 0 Å². The Labute approximate surface area is 174 Å². The fourth-order valence-electron chi connectivity index (χ4n) is 6.87. The molecule has 1 saturated heterocycles. The Kier molecular flexibility index (Phi) is 4.23. The topological polar surface area (TPSA) is 23.6 Å². The number of carbonyl (C=O) groups is 1. The van der Waals surface area contributed by atoms with Crippen LogP contribution >= 0.6 is 0 Å². The Balaban J connectivity index is 1.20. The van der Waals surface area contributed by atoms with Crippen molar-refractivity contribution in [3.05, 3.63) is 41.5 Å². The van der Waals surface area contributed by atoms with Gasteiger partial charge in [-0.3, -0.25) is 4.79 Å². The smallest absolute Gasteiger partial charge is 0.167 e. The standard InChI is InChI=1S/C26H32N2O/c29-24-17-19-7-8-23(21-5-3-6-22(24)25(19)21)28-14-4-13-27(15-16-28)18-20-9-12-26(20)10-1-2-11-26/h3,5-8,20H,1-2,4,9-18H2. The molecule has 3 fully saturated rings. The normalized spacial score (nSPS) is 26.3. The van der Waals surface area contributed by atoms with E-state index in [4.69, 9.17) is 0 Å². The summed E-state index contributed by atoms with van der Waals surface area (Å²) in [5.74, 6) is 1.24. The van der Waals surface area contributed by atoms with E-state index in [-0.39, 0.29) is 5.78 Å². The minimum Gasteiger partial charge on any atom is -0.370 e. The second kappa shape index (κ2) is 6.84. The molecule has 0 radical (unpaired) electrons. The van der Waals surface area contributed by atoms with Gasteiger partial charge >= 0.3 is 0 Å². The molecule has 0 bridgehead atoms. The molecule has 1 unspecified atom stereocenters. The summed E-state index contributed by atoms with van der Waals surface area (Å²) in [5.41, 5.74) is 4.21. The molecular formula is C26H32N2O. The van der Waals surface area contributed by atoms with E-state index in [1.165, 1.54) is 86.6 Å². The molecule has 29 heavy (non-hydrogen) atoms. The number of nitrogens with zero attached hydrogens (tertiary/aromatic N) is 2. The summed E-state index contributed by atoms with van der Waals surface area (Å²) in [6.45, 7) is 5.97. The van der Waals surface area contributed by atoms with Gasteiger partial charge in [0, 0.05) is 49.2 Å². The van der Waals surface area contributed by atoms with Gasteiger partial charge in [0.2, 0.25) is 0 Å².